The Balaban J connectivity index is 2.03. The second kappa shape index (κ2) is 4.99. The van der Waals surface area contributed by atoms with Gasteiger partial charge in [-0.1, -0.05) is 5.16 Å². The minimum atomic E-state index is 0.155. The number of nitrogens with zero attached hydrogens (tertiary/aromatic N) is 1. The van der Waals surface area contributed by atoms with Crippen molar-refractivity contribution >= 4 is 5.71 Å². The molecule has 0 aliphatic carbocycles. The van der Waals surface area contributed by atoms with Crippen molar-refractivity contribution < 1.29 is 9.57 Å². The van der Waals surface area contributed by atoms with Crippen molar-refractivity contribution in [3.63, 3.8) is 0 Å². The second-order valence-corrected chi connectivity index (χ2v) is 3.76. The number of rotatable bonds is 4. The molecule has 1 atom stereocenters. The molecule has 0 amide bonds. The quantitative estimate of drug-likeness (QED) is 0.834. The van der Waals surface area contributed by atoms with Gasteiger partial charge in [0.2, 0.25) is 0 Å². The van der Waals surface area contributed by atoms with Crippen LogP contribution < -0.4 is 10.1 Å². The van der Waals surface area contributed by atoms with E-state index >= 15 is 0 Å². The topological polar surface area (TPSA) is 42.8 Å². The van der Waals surface area contributed by atoms with Gasteiger partial charge in [-0.25, -0.2) is 0 Å². The normalized spacial score (nSPS) is 19.1. The van der Waals surface area contributed by atoms with Crippen LogP contribution in [0.25, 0.3) is 0 Å². The Hall–Kier alpha value is -1.55. The zero-order chi connectivity index (χ0) is 11.4. The Morgan fingerprint density at radius 2 is 2.19 bits per heavy atom. The molecule has 1 heterocycles. The van der Waals surface area contributed by atoms with Crippen molar-refractivity contribution in [1.29, 1.82) is 0 Å². The molecular formula is C12H16N2O2. The Morgan fingerprint density at radius 1 is 1.44 bits per heavy atom. The fourth-order valence-corrected chi connectivity index (χ4v) is 1.72. The Morgan fingerprint density at radius 3 is 2.81 bits per heavy atom. The minimum Gasteiger partial charge on any atom is -0.497 e. The average Bonchev–Trinajstić information content (AvgIpc) is 2.78. The van der Waals surface area contributed by atoms with E-state index in [4.69, 9.17) is 9.57 Å². The molecule has 4 nitrogen and oxygen atoms in total. The van der Waals surface area contributed by atoms with Gasteiger partial charge in [0.25, 0.3) is 0 Å². The number of oxime groups is 1. The number of likely N-dealkylation sites (N-methyl/N-ethyl adjacent to an activating group) is 1. The van der Waals surface area contributed by atoms with Crippen LogP contribution >= 0.6 is 0 Å². The van der Waals surface area contributed by atoms with Gasteiger partial charge in [0.05, 0.1) is 12.8 Å². The van der Waals surface area contributed by atoms with Gasteiger partial charge >= 0.3 is 0 Å². The van der Waals surface area contributed by atoms with Crippen molar-refractivity contribution in [3.05, 3.63) is 29.8 Å². The van der Waals surface area contributed by atoms with E-state index in [1.54, 1.807) is 7.11 Å². The SMILES string of the molecule is CNCC1CC(c2ccc(OC)cc2)=NO1. The molecule has 2 rings (SSSR count). The Kier molecular flexibility index (Phi) is 3.41. The molecule has 0 fully saturated rings. The molecule has 0 saturated carbocycles. The fraction of sp³-hybridized carbons (Fsp3) is 0.417. The summed E-state index contributed by atoms with van der Waals surface area (Å²) in [5.74, 6) is 0.857. The molecule has 0 bridgehead atoms. The summed E-state index contributed by atoms with van der Waals surface area (Å²) < 4.78 is 5.11. The molecule has 1 N–H and O–H groups in total. The van der Waals surface area contributed by atoms with Crippen LogP contribution in [-0.2, 0) is 4.84 Å². The van der Waals surface area contributed by atoms with Crippen LogP contribution in [0, 0.1) is 0 Å². The van der Waals surface area contributed by atoms with Crippen molar-refractivity contribution in [1.82, 2.24) is 5.32 Å². The summed E-state index contributed by atoms with van der Waals surface area (Å²) in [6, 6.07) is 7.87. The van der Waals surface area contributed by atoms with Crippen molar-refractivity contribution in [2.24, 2.45) is 5.16 Å². The lowest BCUT2D eigenvalue weighted by molar-refractivity contribution is 0.0866. The van der Waals surface area contributed by atoms with E-state index in [1.165, 1.54) is 0 Å². The van der Waals surface area contributed by atoms with Gasteiger partial charge in [0.1, 0.15) is 11.9 Å². The molecule has 0 radical (unpaired) electrons. The third-order valence-corrected chi connectivity index (χ3v) is 2.59. The summed E-state index contributed by atoms with van der Waals surface area (Å²) in [5.41, 5.74) is 2.10. The Labute approximate surface area is 95.2 Å². The van der Waals surface area contributed by atoms with Crippen LogP contribution in [0.1, 0.15) is 12.0 Å². The van der Waals surface area contributed by atoms with Crippen LogP contribution in [0.2, 0.25) is 0 Å². The Bertz CT molecular complexity index is 373. The molecular weight excluding hydrogens is 204 g/mol. The van der Waals surface area contributed by atoms with Gasteiger partial charge < -0.3 is 14.9 Å². The average molecular weight is 220 g/mol. The lowest BCUT2D eigenvalue weighted by atomic mass is 10.1. The smallest absolute Gasteiger partial charge is 0.145 e. The standard InChI is InChI=1S/C12H16N2O2/c1-13-8-11-7-12(14-16-11)9-3-5-10(15-2)6-4-9/h3-6,11,13H,7-8H2,1-2H3. The molecule has 0 saturated heterocycles. The van der Waals surface area contributed by atoms with Crippen molar-refractivity contribution in [3.8, 4) is 5.75 Å². The van der Waals surface area contributed by atoms with Crippen LogP contribution in [0.15, 0.2) is 29.4 Å². The van der Waals surface area contributed by atoms with Gasteiger partial charge in [-0.05, 0) is 36.9 Å². The highest BCUT2D eigenvalue weighted by Crippen LogP contribution is 2.18. The molecule has 1 aliphatic rings. The number of hydrogen-bond acceptors (Lipinski definition) is 4. The molecule has 1 aromatic rings. The van der Waals surface area contributed by atoms with Gasteiger partial charge in [-0.2, -0.15) is 0 Å². The van der Waals surface area contributed by atoms with Gasteiger partial charge in [-0.15, -0.1) is 0 Å². The maximum Gasteiger partial charge on any atom is 0.145 e. The zero-order valence-electron chi connectivity index (χ0n) is 9.56. The van der Waals surface area contributed by atoms with E-state index in [0.717, 1.165) is 30.0 Å². The number of methoxy groups -OCH3 is 1. The lowest BCUT2D eigenvalue weighted by Gasteiger charge is -2.05. The number of ether oxygens (including phenoxy) is 1. The molecule has 4 heteroatoms. The van der Waals surface area contributed by atoms with Crippen LogP contribution in [0.4, 0.5) is 0 Å². The molecule has 86 valence electrons. The molecule has 0 spiro atoms. The molecule has 1 unspecified atom stereocenters. The lowest BCUT2D eigenvalue weighted by Crippen LogP contribution is -2.23. The third kappa shape index (κ3) is 2.33. The molecule has 1 aliphatic heterocycles. The molecule has 1 aromatic carbocycles. The predicted molar refractivity (Wildman–Crippen MR) is 62.9 cm³/mol. The summed E-state index contributed by atoms with van der Waals surface area (Å²) in [6.45, 7) is 0.823. The number of nitrogens with one attached hydrogen (secondary N) is 1. The van der Waals surface area contributed by atoms with E-state index < -0.39 is 0 Å². The summed E-state index contributed by atoms with van der Waals surface area (Å²) in [6.07, 6.45) is 1.01. The van der Waals surface area contributed by atoms with Crippen LogP contribution in [0.3, 0.4) is 0 Å². The van der Waals surface area contributed by atoms with E-state index in [1.807, 2.05) is 31.3 Å². The number of benzene rings is 1. The summed E-state index contributed by atoms with van der Waals surface area (Å²) in [4.78, 5) is 5.31. The third-order valence-electron chi connectivity index (χ3n) is 2.59. The largest absolute Gasteiger partial charge is 0.497 e. The highest BCUT2D eigenvalue weighted by Gasteiger charge is 2.21. The monoisotopic (exact) mass is 220 g/mol. The minimum absolute atomic E-state index is 0.155. The maximum atomic E-state index is 5.31. The first-order valence-electron chi connectivity index (χ1n) is 5.35. The fourth-order valence-electron chi connectivity index (χ4n) is 1.72. The van der Waals surface area contributed by atoms with Gasteiger partial charge in [-0.3, -0.25) is 0 Å². The van der Waals surface area contributed by atoms with Crippen molar-refractivity contribution in [2.45, 2.75) is 12.5 Å². The molecule has 16 heavy (non-hydrogen) atoms. The van der Waals surface area contributed by atoms with E-state index in [0.29, 0.717) is 0 Å². The van der Waals surface area contributed by atoms with E-state index in [-0.39, 0.29) is 6.10 Å². The maximum absolute atomic E-state index is 5.31. The summed E-state index contributed by atoms with van der Waals surface area (Å²) >= 11 is 0. The van der Waals surface area contributed by atoms with Crippen molar-refractivity contribution in [2.75, 3.05) is 20.7 Å². The first-order valence-corrected chi connectivity index (χ1v) is 5.35. The van der Waals surface area contributed by atoms with E-state index in [9.17, 15) is 0 Å². The highest BCUT2D eigenvalue weighted by molar-refractivity contribution is 6.01. The first-order chi connectivity index (χ1) is 7.83. The van der Waals surface area contributed by atoms with E-state index in [2.05, 4.69) is 10.5 Å². The van der Waals surface area contributed by atoms with Crippen LogP contribution in [0.5, 0.6) is 5.75 Å². The zero-order valence-corrected chi connectivity index (χ0v) is 9.56. The first kappa shape index (κ1) is 11.0. The van der Waals surface area contributed by atoms with Gasteiger partial charge in [0.15, 0.2) is 0 Å². The van der Waals surface area contributed by atoms with Gasteiger partial charge in [0, 0.05) is 13.0 Å². The highest BCUT2D eigenvalue weighted by atomic mass is 16.6. The summed E-state index contributed by atoms with van der Waals surface area (Å²) in [5, 5.41) is 7.18. The second-order valence-electron chi connectivity index (χ2n) is 3.76. The summed E-state index contributed by atoms with van der Waals surface area (Å²) in [7, 11) is 3.57. The van der Waals surface area contributed by atoms with Crippen LogP contribution in [-0.4, -0.2) is 32.5 Å². The number of hydrogen-bond donors (Lipinski definition) is 1. The molecule has 0 aromatic heterocycles. The predicted octanol–water partition coefficient (Wildman–Crippen LogP) is 1.41.